The van der Waals surface area contributed by atoms with Crippen LogP contribution in [0.25, 0.3) is 0 Å². The van der Waals surface area contributed by atoms with Crippen molar-refractivity contribution in [3.63, 3.8) is 0 Å². The maximum absolute atomic E-state index is 9.81. The standard InChI is InChI=1S/C20H31NO2/c1-15-7-8-17(13-16(15)2)10-12-23-20-6-4-3-5-19(20)21-11-9-18(22)14-21/h7-8,13,18-20,22H,3-6,9-12,14H2,1-2H3. The summed E-state index contributed by atoms with van der Waals surface area (Å²) in [6.45, 7) is 7.01. The van der Waals surface area contributed by atoms with E-state index in [0.29, 0.717) is 12.1 Å². The normalized spacial score (nSPS) is 29.1. The Morgan fingerprint density at radius 2 is 1.96 bits per heavy atom. The SMILES string of the molecule is Cc1ccc(CCOC2CCCCC2N2CCC(O)C2)cc1C. The zero-order chi connectivity index (χ0) is 16.2. The molecule has 3 heteroatoms. The van der Waals surface area contributed by atoms with Crippen molar-refractivity contribution in [2.45, 2.75) is 70.6 Å². The van der Waals surface area contributed by atoms with Crippen molar-refractivity contribution in [3.8, 4) is 0 Å². The summed E-state index contributed by atoms with van der Waals surface area (Å²) in [5.41, 5.74) is 4.09. The maximum atomic E-state index is 9.81. The topological polar surface area (TPSA) is 32.7 Å². The van der Waals surface area contributed by atoms with Crippen LogP contribution in [0.3, 0.4) is 0 Å². The van der Waals surface area contributed by atoms with Crippen LogP contribution < -0.4 is 0 Å². The van der Waals surface area contributed by atoms with Gasteiger partial charge >= 0.3 is 0 Å². The smallest absolute Gasteiger partial charge is 0.0730 e. The van der Waals surface area contributed by atoms with Gasteiger partial charge in [-0.25, -0.2) is 0 Å². The molecule has 2 aliphatic rings. The lowest BCUT2D eigenvalue weighted by Gasteiger charge is -2.37. The molecule has 128 valence electrons. The van der Waals surface area contributed by atoms with Crippen molar-refractivity contribution < 1.29 is 9.84 Å². The van der Waals surface area contributed by atoms with Crippen LogP contribution in [0.15, 0.2) is 18.2 Å². The van der Waals surface area contributed by atoms with Gasteiger partial charge in [-0.05, 0) is 56.2 Å². The first-order chi connectivity index (χ1) is 11.1. The van der Waals surface area contributed by atoms with Crippen LogP contribution in [0.5, 0.6) is 0 Å². The maximum Gasteiger partial charge on any atom is 0.0730 e. The van der Waals surface area contributed by atoms with Gasteiger partial charge in [0.05, 0.1) is 18.8 Å². The van der Waals surface area contributed by atoms with Gasteiger partial charge in [0.1, 0.15) is 0 Å². The van der Waals surface area contributed by atoms with Crippen molar-refractivity contribution in [1.82, 2.24) is 4.90 Å². The summed E-state index contributed by atoms with van der Waals surface area (Å²) in [7, 11) is 0. The molecule has 1 aliphatic heterocycles. The van der Waals surface area contributed by atoms with Gasteiger partial charge < -0.3 is 9.84 Å². The fraction of sp³-hybridized carbons (Fsp3) is 0.700. The number of hydrogen-bond donors (Lipinski definition) is 1. The van der Waals surface area contributed by atoms with E-state index in [1.165, 1.54) is 42.4 Å². The van der Waals surface area contributed by atoms with E-state index in [-0.39, 0.29) is 6.10 Å². The quantitative estimate of drug-likeness (QED) is 0.905. The number of aliphatic hydroxyl groups excluding tert-OH is 1. The summed E-state index contributed by atoms with van der Waals surface area (Å²) in [6.07, 6.45) is 7.10. The number of benzene rings is 1. The van der Waals surface area contributed by atoms with Crippen molar-refractivity contribution in [2.24, 2.45) is 0 Å². The molecule has 2 fully saturated rings. The van der Waals surface area contributed by atoms with Gasteiger partial charge in [0.15, 0.2) is 0 Å². The van der Waals surface area contributed by atoms with Crippen molar-refractivity contribution >= 4 is 0 Å². The average Bonchev–Trinajstić information content (AvgIpc) is 2.98. The van der Waals surface area contributed by atoms with Crippen LogP contribution in [-0.4, -0.2) is 48.0 Å². The van der Waals surface area contributed by atoms with Crippen molar-refractivity contribution in [1.29, 1.82) is 0 Å². The Hall–Kier alpha value is -0.900. The first-order valence-corrected chi connectivity index (χ1v) is 9.23. The molecular weight excluding hydrogens is 286 g/mol. The Kier molecular flexibility index (Phi) is 5.73. The molecule has 0 aromatic heterocycles. The van der Waals surface area contributed by atoms with E-state index in [1.54, 1.807) is 0 Å². The Bertz CT molecular complexity index is 516. The van der Waals surface area contributed by atoms with Gasteiger partial charge in [-0.15, -0.1) is 0 Å². The van der Waals surface area contributed by atoms with Crippen LogP contribution in [0.4, 0.5) is 0 Å². The summed E-state index contributed by atoms with van der Waals surface area (Å²) in [4.78, 5) is 2.46. The fourth-order valence-corrected chi connectivity index (χ4v) is 4.05. The van der Waals surface area contributed by atoms with Crippen LogP contribution in [0, 0.1) is 13.8 Å². The first-order valence-electron chi connectivity index (χ1n) is 9.23. The molecule has 1 saturated carbocycles. The number of likely N-dealkylation sites (tertiary alicyclic amines) is 1. The van der Waals surface area contributed by atoms with Gasteiger partial charge in [0, 0.05) is 19.1 Å². The third-order valence-corrected chi connectivity index (χ3v) is 5.63. The van der Waals surface area contributed by atoms with Gasteiger partial charge in [-0.3, -0.25) is 4.90 Å². The molecule has 1 saturated heterocycles. The van der Waals surface area contributed by atoms with Gasteiger partial charge in [0.2, 0.25) is 0 Å². The van der Waals surface area contributed by atoms with E-state index < -0.39 is 0 Å². The number of nitrogens with zero attached hydrogens (tertiary/aromatic N) is 1. The Morgan fingerprint density at radius 1 is 1.13 bits per heavy atom. The second-order valence-corrected chi connectivity index (χ2v) is 7.37. The molecule has 3 unspecified atom stereocenters. The van der Waals surface area contributed by atoms with Crippen LogP contribution in [0.2, 0.25) is 0 Å². The highest BCUT2D eigenvalue weighted by Gasteiger charge is 2.34. The third kappa shape index (κ3) is 4.34. The predicted molar refractivity (Wildman–Crippen MR) is 93.8 cm³/mol. The zero-order valence-corrected chi connectivity index (χ0v) is 14.6. The Balaban J connectivity index is 1.52. The van der Waals surface area contributed by atoms with Crippen molar-refractivity contribution in [3.05, 3.63) is 34.9 Å². The van der Waals surface area contributed by atoms with E-state index in [2.05, 4.69) is 36.9 Å². The minimum Gasteiger partial charge on any atom is -0.392 e. The Labute approximate surface area is 140 Å². The van der Waals surface area contributed by atoms with Crippen molar-refractivity contribution in [2.75, 3.05) is 19.7 Å². The molecule has 0 amide bonds. The number of β-amino-alcohol motifs (C(OH)–C–C–N with tert-alkyl or cyclic N) is 1. The summed E-state index contributed by atoms with van der Waals surface area (Å²) in [5.74, 6) is 0. The van der Waals surface area contributed by atoms with Gasteiger partial charge in [0.25, 0.3) is 0 Å². The lowest BCUT2D eigenvalue weighted by Crippen LogP contribution is -2.46. The van der Waals surface area contributed by atoms with E-state index in [4.69, 9.17) is 4.74 Å². The lowest BCUT2D eigenvalue weighted by atomic mass is 9.91. The second-order valence-electron chi connectivity index (χ2n) is 7.37. The molecule has 3 atom stereocenters. The first kappa shape index (κ1) is 16.9. The minimum atomic E-state index is -0.131. The molecule has 1 aliphatic carbocycles. The number of hydrogen-bond acceptors (Lipinski definition) is 3. The monoisotopic (exact) mass is 317 g/mol. The zero-order valence-electron chi connectivity index (χ0n) is 14.6. The molecule has 3 rings (SSSR count). The molecule has 0 radical (unpaired) electrons. The highest BCUT2D eigenvalue weighted by molar-refractivity contribution is 5.29. The summed E-state index contributed by atoms with van der Waals surface area (Å²) in [6, 6.07) is 7.23. The minimum absolute atomic E-state index is 0.131. The lowest BCUT2D eigenvalue weighted by molar-refractivity contribution is -0.0316. The predicted octanol–water partition coefficient (Wildman–Crippen LogP) is 3.24. The largest absolute Gasteiger partial charge is 0.392 e. The molecule has 1 aromatic carbocycles. The molecule has 1 N–H and O–H groups in total. The van der Waals surface area contributed by atoms with Crippen LogP contribution in [-0.2, 0) is 11.2 Å². The fourth-order valence-electron chi connectivity index (χ4n) is 4.05. The van der Waals surface area contributed by atoms with Gasteiger partial charge in [-0.2, -0.15) is 0 Å². The summed E-state index contributed by atoms with van der Waals surface area (Å²) in [5, 5.41) is 9.81. The van der Waals surface area contributed by atoms with Crippen LogP contribution >= 0.6 is 0 Å². The molecule has 0 spiro atoms. The molecule has 3 nitrogen and oxygen atoms in total. The number of aliphatic hydroxyl groups is 1. The molecule has 1 aromatic rings. The molecular formula is C20H31NO2. The third-order valence-electron chi connectivity index (χ3n) is 5.63. The van der Waals surface area contributed by atoms with E-state index in [0.717, 1.165) is 32.5 Å². The highest BCUT2D eigenvalue weighted by atomic mass is 16.5. The second kappa shape index (κ2) is 7.78. The summed E-state index contributed by atoms with van der Waals surface area (Å²) < 4.78 is 6.29. The van der Waals surface area contributed by atoms with Crippen LogP contribution in [0.1, 0.15) is 48.8 Å². The average molecular weight is 317 g/mol. The highest BCUT2D eigenvalue weighted by Crippen LogP contribution is 2.28. The number of ether oxygens (including phenoxy) is 1. The van der Waals surface area contributed by atoms with E-state index in [9.17, 15) is 5.11 Å². The Morgan fingerprint density at radius 3 is 2.70 bits per heavy atom. The number of rotatable bonds is 5. The van der Waals surface area contributed by atoms with E-state index in [1.807, 2.05) is 0 Å². The van der Waals surface area contributed by atoms with Gasteiger partial charge in [-0.1, -0.05) is 31.0 Å². The number of aryl methyl sites for hydroxylation is 2. The van der Waals surface area contributed by atoms with E-state index >= 15 is 0 Å². The summed E-state index contributed by atoms with van der Waals surface area (Å²) >= 11 is 0. The molecule has 0 bridgehead atoms. The molecule has 1 heterocycles. The molecule has 23 heavy (non-hydrogen) atoms.